The van der Waals surface area contributed by atoms with Crippen molar-refractivity contribution in [1.29, 1.82) is 5.41 Å². The largest absolute Gasteiger partial charge is 0.489 e. The minimum atomic E-state index is -0.664. The lowest BCUT2D eigenvalue weighted by molar-refractivity contribution is 0.0941. The lowest BCUT2D eigenvalue weighted by atomic mass is 10.2. The third kappa shape index (κ3) is 3.72. The first-order valence-electron chi connectivity index (χ1n) is 6.33. The Morgan fingerprint density at radius 2 is 2.21 bits per heavy atom. The Kier molecular flexibility index (Phi) is 4.41. The molecule has 1 aliphatic heterocycles. The molecular formula is C14H19N3O2. The molecule has 102 valence electrons. The molecular weight excluding hydrogens is 242 g/mol. The lowest BCUT2D eigenvalue weighted by Crippen LogP contribution is -2.37. The van der Waals surface area contributed by atoms with Gasteiger partial charge < -0.3 is 20.5 Å². The Labute approximate surface area is 112 Å². The zero-order chi connectivity index (χ0) is 13.7. The maximum absolute atomic E-state index is 9.93. The average molecular weight is 261 g/mol. The standard InChI is InChI=1S/C14H19N3O2/c15-12-5-1-2-6-13(12)19-10-11(18)9-17-8-4-3-7-14(17)16/h1-2,4-6,8,11,16,18H,3,7,9-10,15H2. The van der Waals surface area contributed by atoms with Crippen molar-refractivity contribution >= 4 is 11.5 Å². The van der Waals surface area contributed by atoms with Gasteiger partial charge in [-0.1, -0.05) is 18.2 Å². The molecule has 2 rings (SSSR count). The number of ether oxygens (including phenoxy) is 1. The summed E-state index contributed by atoms with van der Waals surface area (Å²) in [5.41, 5.74) is 6.31. The smallest absolute Gasteiger partial charge is 0.142 e. The first-order chi connectivity index (χ1) is 9.16. The number of para-hydroxylation sites is 2. The Bertz CT molecular complexity index is 474. The van der Waals surface area contributed by atoms with Crippen LogP contribution >= 0.6 is 0 Å². The number of nitrogens with zero attached hydrogens (tertiary/aromatic N) is 1. The van der Waals surface area contributed by atoms with Crippen LogP contribution in [0.5, 0.6) is 5.75 Å². The van der Waals surface area contributed by atoms with Gasteiger partial charge in [-0.05, 0) is 18.6 Å². The molecule has 0 radical (unpaired) electrons. The summed E-state index contributed by atoms with van der Waals surface area (Å²) >= 11 is 0. The quantitative estimate of drug-likeness (QED) is 0.703. The number of β-amino-alcohol motifs (C(OH)–C–C–N with tert-alkyl or cyclic N) is 1. The maximum Gasteiger partial charge on any atom is 0.142 e. The van der Waals surface area contributed by atoms with Crippen molar-refractivity contribution in [2.45, 2.75) is 18.9 Å². The van der Waals surface area contributed by atoms with Crippen molar-refractivity contribution in [1.82, 2.24) is 4.90 Å². The van der Waals surface area contributed by atoms with Gasteiger partial charge in [-0.25, -0.2) is 0 Å². The molecule has 19 heavy (non-hydrogen) atoms. The van der Waals surface area contributed by atoms with Crippen molar-refractivity contribution in [2.24, 2.45) is 0 Å². The van der Waals surface area contributed by atoms with E-state index in [1.807, 2.05) is 24.4 Å². The highest BCUT2D eigenvalue weighted by atomic mass is 16.5. The number of aliphatic hydroxyl groups excluding tert-OH is 1. The maximum atomic E-state index is 9.93. The van der Waals surface area contributed by atoms with Crippen LogP contribution in [0.25, 0.3) is 0 Å². The number of anilines is 1. The van der Waals surface area contributed by atoms with Crippen LogP contribution in [0.2, 0.25) is 0 Å². The molecule has 1 unspecified atom stereocenters. The van der Waals surface area contributed by atoms with Crippen LogP contribution in [-0.2, 0) is 0 Å². The van der Waals surface area contributed by atoms with Crippen LogP contribution in [0.15, 0.2) is 36.5 Å². The number of amidine groups is 1. The Balaban J connectivity index is 1.83. The van der Waals surface area contributed by atoms with E-state index in [2.05, 4.69) is 0 Å². The SMILES string of the molecule is N=C1CCC=CN1CC(O)COc1ccccc1N. The summed E-state index contributed by atoms with van der Waals surface area (Å²) in [6.07, 6.45) is 4.79. The van der Waals surface area contributed by atoms with Gasteiger partial charge in [0.2, 0.25) is 0 Å². The molecule has 1 aliphatic rings. The fourth-order valence-electron chi connectivity index (χ4n) is 1.90. The summed E-state index contributed by atoms with van der Waals surface area (Å²) in [6, 6.07) is 7.19. The first kappa shape index (κ1) is 13.4. The Morgan fingerprint density at radius 1 is 1.42 bits per heavy atom. The average Bonchev–Trinajstić information content (AvgIpc) is 2.40. The van der Waals surface area contributed by atoms with Gasteiger partial charge in [0.15, 0.2) is 0 Å². The van der Waals surface area contributed by atoms with Gasteiger partial charge >= 0.3 is 0 Å². The molecule has 1 atom stereocenters. The van der Waals surface area contributed by atoms with Crippen molar-refractivity contribution in [2.75, 3.05) is 18.9 Å². The van der Waals surface area contributed by atoms with Gasteiger partial charge in [0, 0.05) is 12.6 Å². The number of aliphatic hydroxyl groups is 1. The highest BCUT2D eigenvalue weighted by Crippen LogP contribution is 2.20. The second-order valence-electron chi connectivity index (χ2n) is 4.53. The normalized spacial score (nSPS) is 16.5. The number of nitrogens with two attached hydrogens (primary N) is 1. The van der Waals surface area contributed by atoms with Crippen molar-refractivity contribution in [3.8, 4) is 5.75 Å². The van der Waals surface area contributed by atoms with Crippen LogP contribution in [0.4, 0.5) is 5.69 Å². The molecule has 1 aromatic carbocycles. The summed E-state index contributed by atoms with van der Waals surface area (Å²) in [5, 5.41) is 17.7. The van der Waals surface area contributed by atoms with E-state index in [4.69, 9.17) is 15.9 Å². The summed E-state index contributed by atoms with van der Waals surface area (Å²) in [5.74, 6) is 1.10. The zero-order valence-corrected chi connectivity index (χ0v) is 10.7. The third-order valence-corrected chi connectivity index (χ3v) is 2.94. The number of allylic oxidation sites excluding steroid dienone is 1. The number of benzene rings is 1. The molecule has 5 nitrogen and oxygen atoms in total. The number of rotatable bonds is 5. The molecule has 0 aromatic heterocycles. The Hall–Kier alpha value is -2.01. The molecule has 0 bridgehead atoms. The molecule has 5 heteroatoms. The molecule has 0 spiro atoms. The number of nitrogen functional groups attached to an aromatic ring is 1. The van der Waals surface area contributed by atoms with E-state index >= 15 is 0 Å². The number of nitrogens with one attached hydrogen (secondary N) is 1. The van der Waals surface area contributed by atoms with Gasteiger partial charge in [-0.2, -0.15) is 0 Å². The van der Waals surface area contributed by atoms with Crippen LogP contribution in [-0.4, -0.2) is 35.1 Å². The van der Waals surface area contributed by atoms with E-state index in [0.29, 0.717) is 23.8 Å². The van der Waals surface area contributed by atoms with Gasteiger partial charge in [0.05, 0.1) is 12.2 Å². The van der Waals surface area contributed by atoms with Crippen molar-refractivity contribution in [3.05, 3.63) is 36.5 Å². The lowest BCUT2D eigenvalue weighted by Gasteiger charge is -2.26. The molecule has 0 saturated heterocycles. The van der Waals surface area contributed by atoms with Crippen molar-refractivity contribution < 1.29 is 9.84 Å². The van der Waals surface area contributed by atoms with Gasteiger partial charge in [0.1, 0.15) is 24.3 Å². The highest BCUT2D eigenvalue weighted by Gasteiger charge is 2.15. The summed E-state index contributed by atoms with van der Waals surface area (Å²) in [4.78, 5) is 1.74. The van der Waals surface area contributed by atoms with E-state index in [1.165, 1.54) is 0 Å². The van der Waals surface area contributed by atoms with Crippen LogP contribution < -0.4 is 10.5 Å². The molecule has 0 aliphatic carbocycles. The predicted octanol–water partition coefficient (Wildman–Crippen LogP) is 1.60. The number of hydrogen-bond acceptors (Lipinski definition) is 4. The van der Waals surface area contributed by atoms with E-state index in [-0.39, 0.29) is 6.61 Å². The summed E-state index contributed by atoms with van der Waals surface area (Å²) < 4.78 is 5.48. The monoisotopic (exact) mass is 261 g/mol. The molecule has 1 heterocycles. The summed E-state index contributed by atoms with van der Waals surface area (Å²) in [7, 11) is 0. The minimum absolute atomic E-state index is 0.159. The first-order valence-corrected chi connectivity index (χ1v) is 6.33. The van der Waals surface area contributed by atoms with E-state index in [1.54, 1.807) is 17.0 Å². The van der Waals surface area contributed by atoms with Gasteiger partial charge in [-0.15, -0.1) is 0 Å². The molecule has 0 saturated carbocycles. The van der Waals surface area contributed by atoms with Gasteiger partial charge in [-0.3, -0.25) is 5.41 Å². The topological polar surface area (TPSA) is 82.6 Å². The number of hydrogen-bond donors (Lipinski definition) is 3. The molecule has 0 fully saturated rings. The van der Waals surface area contributed by atoms with E-state index < -0.39 is 6.10 Å². The van der Waals surface area contributed by atoms with Crippen molar-refractivity contribution in [3.63, 3.8) is 0 Å². The van der Waals surface area contributed by atoms with E-state index in [9.17, 15) is 5.11 Å². The fourth-order valence-corrected chi connectivity index (χ4v) is 1.90. The molecule has 4 N–H and O–H groups in total. The predicted molar refractivity (Wildman–Crippen MR) is 75.2 cm³/mol. The second-order valence-corrected chi connectivity index (χ2v) is 4.53. The highest BCUT2D eigenvalue weighted by molar-refractivity contribution is 5.81. The van der Waals surface area contributed by atoms with Crippen LogP contribution in [0, 0.1) is 5.41 Å². The third-order valence-electron chi connectivity index (χ3n) is 2.94. The molecule has 0 amide bonds. The fraction of sp³-hybridized carbons (Fsp3) is 0.357. The van der Waals surface area contributed by atoms with Crippen LogP contribution in [0.1, 0.15) is 12.8 Å². The second kappa shape index (κ2) is 6.24. The van der Waals surface area contributed by atoms with E-state index in [0.717, 1.165) is 12.8 Å². The van der Waals surface area contributed by atoms with Gasteiger partial charge in [0.25, 0.3) is 0 Å². The molecule has 1 aromatic rings. The Morgan fingerprint density at radius 3 is 2.95 bits per heavy atom. The van der Waals surface area contributed by atoms with Crippen LogP contribution in [0.3, 0.4) is 0 Å². The minimum Gasteiger partial charge on any atom is -0.489 e. The zero-order valence-electron chi connectivity index (χ0n) is 10.7. The summed E-state index contributed by atoms with van der Waals surface area (Å²) in [6.45, 7) is 0.522.